The Kier molecular flexibility index (Phi) is 5.10. The smallest absolute Gasteiger partial charge is 0.315 e. The maximum atomic E-state index is 12.0. The molecular weight excluding hydrogens is 306 g/mol. The second kappa shape index (κ2) is 7.63. The molecule has 24 heavy (non-hydrogen) atoms. The molecule has 1 atom stereocenters. The molecule has 1 unspecified atom stereocenters. The number of hydrogen-bond donors (Lipinski definition) is 3. The zero-order chi connectivity index (χ0) is 16.8. The molecule has 0 saturated carbocycles. The van der Waals surface area contributed by atoms with Crippen molar-refractivity contribution in [2.24, 2.45) is 0 Å². The highest BCUT2D eigenvalue weighted by atomic mass is 16.2. The highest BCUT2D eigenvalue weighted by molar-refractivity contribution is 5.87. The quantitative estimate of drug-likeness (QED) is 0.792. The van der Waals surface area contributed by atoms with E-state index in [9.17, 15) is 9.59 Å². The predicted octanol–water partition coefficient (Wildman–Crippen LogP) is 1.34. The summed E-state index contributed by atoms with van der Waals surface area (Å²) < 4.78 is 1.76. The standard InChI is InChI=1S/C17H21N5O2/c23-16-15(8-4-5-9-18-16)21-17(24)19-10-13-11-20-22(12-13)14-6-2-1-3-7-14/h1-3,6-7,11-12,15H,4-5,8-10H2,(H,18,23)(H2,19,21,24). The third-order valence-electron chi connectivity index (χ3n) is 3.95. The van der Waals surface area contributed by atoms with Crippen LogP contribution < -0.4 is 16.0 Å². The Morgan fingerprint density at radius 1 is 1.29 bits per heavy atom. The van der Waals surface area contributed by atoms with Gasteiger partial charge in [-0.1, -0.05) is 18.2 Å². The first-order chi connectivity index (χ1) is 11.7. The summed E-state index contributed by atoms with van der Waals surface area (Å²) in [6.07, 6.45) is 6.13. The molecule has 1 fully saturated rings. The molecule has 0 radical (unpaired) electrons. The van der Waals surface area contributed by atoms with Crippen molar-refractivity contribution in [1.29, 1.82) is 0 Å². The molecule has 3 N–H and O–H groups in total. The van der Waals surface area contributed by atoms with Gasteiger partial charge >= 0.3 is 6.03 Å². The minimum Gasteiger partial charge on any atom is -0.354 e. The summed E-state index contributed by atoms with van der Waals surface area (Å²) in [5, 5.41) is 12.6. The largest absolute Gasteiger partial charge is 0.354 e. The van der Waals surface area contributed by atoms with Crippen LogP contribution in [0.2, 0.25) is 0 Å². The minimum atomic E-state index is -0.459. The molecule has 1 aliphatic rings. The second-order valence-corrected chi connectivity index (χ2v) is 5.80. The molecule has 2 aromatic rings. The molecule has 7 heteroatoms. The van der Waals surface area contributed by atoms with Crippen molar-refractivity contribution >= 4 is 11.9 Å². The predicted molar refractivity (Wildman–Crippen MR) is 89.6 cm³/mol. The van der Waals surface area contributed by atoms with Crippen molar-refractivity contribution in [2.75, 3.05) is 6.54 Å². The van der Waals surface area contributed by atoms with Crippen LogP contribution in [0.1, 0.15) is 24.8 Å². The molecule has 3 rings (SSSR count). The summed E-state index contributed by atoms with van der Waals surface area (Å²) in [7, 11) is 0. The van der Waals surface area contributed by atoms with E-state index in [1.54, 1.807) is 10.9 Å². The first-order valence-electron chi connectivity index (χ1n) is 8.13. The average Bonchev–Trinajstić information content (AvgIpc) is 2.99. The number of nitrogens with zero attached hydrogens (tertiary/aromatic N) is 2. The van der Waals surface area contributed by atoms with Gasteiger partial charge < -0.3 is 16.0 Å². The summed E-state index contributed by atoms with van der Waals surface area (Å²) in [5.41, 5.74) is 1.85. The zero-order valence-corrected chi connectivity index (χ0v) is 13.4. The minimum absolute atomic E-state index is 0.112. The van der Waals surface area contributed by atoms with Gasteiger partial charge in [-0.2, -0.15) is 5.10 Å². The molecule has 0 aliphatic carbocycles. The van der Waals surface area contributed by atoms with Gasteiger partial charge in [-0.05, 0) is 31.4 Å². The molecule has 0 bridgehead atoms. The summed E-state index contributed by atoms with van der Waals surface area (Å²) in [6, 6.07) is 8.96. The van der Waals surface area contributed by atoms with Crippen molar-refractivity contribution in [3.05, 3.63) is 48.3 Å². The second-order valence-electron chi connectivity index (χ2n) is 5.80. The summed E-state index contributed by atoms with van der Waals surface area (Å²) in [4.78, 5) is 23.8. The Bertz CT molecular complexity index is 698. The third kappa shape index (κ3) is 4.13. The lowest BCUT2D eigenvalue weighted by atomic mass is 10.1. The number of aromatic nitrogens is 2. The highest BCUT2D eigenvalue weighted by Crippen LogP contribution is 2.08. The number of benzene rings is 1. The maximum Gasteiger partial charge on any atom is 0.315 e. The Morgan fingerprint density at radius 3 is 2.96 bits per heavy atom. The van der Waals surface area contributed by atoms with Crippen LogP contribution in [-0.4, -0.2) is 34.3 Å². The van der Waals surface area contributed by atoms with E-state index in [-0.39, 0.29) is 11.9 Å². The van der Waals surface area contributed by atoms with Gasteiger partial charge in [-0.3, -0.25) is 4.79 Å². The van der Waals surface area contributed by atoms with E-state index in [0.29, 0.717) is 19.5 Å². The first-order valence-corrected chi connectivity index (χ1v) is 8.13. The van der Waals surface area contributed by atoms with Crippen molar-refractivity contribution in [1.82, 2.24) is 25.7 Å². The van der Waals surface area contributed by atoms with Crippen molar-refractivity contribution < 1.29 is 9.59 Å². The number of carbonyl (C=O) groups excluding carboxylic acids is 2. The Balaban J connectivity index is 1.51. The van der Waals surface area contributed by atoms with Crippen LogP contribution >= 0.6 is 0 Å². The van der Waals surface area contributed by atoms with E-state index in [2.05, 4.69) is 21.0 Å². The highest BCUT2D eigenvalue weighted by Gasteiger charge is 2.22. The van der Waals surface area contributed by atoms with Crippen LogP contribution in [-0.2, 0) is 11.3 Å². The van der Waals surface area contributed by atoms with E-state index in [1.165, 1.54) is 0 Å². The molecule has 3 amide bonds. The van der Waals surface area contributed by atoms with Gasteiger partial charge in [-0.15, -0.1) is 0 Å². The van der Waals surface area contributed by atoms with Crippen LogP contribution in [0.3, 0.4) is 0 Å². The van der Waals surface area contributed by atoms with Gasteiger partial charge in [0.15, 0.2) is 0 Å². The van der Waals surface area contributed by atoms with Crippen LogP contribution in [0, 0.1) is 0 Å². The normalized spacial score (nSPS) is 17.7. The number of nitrogens with one attached hydrogen (secondary N) is 3. The van der Waals surface area contributed by atoms with E-state index in [1.807, 2.05) is 36.5 Å². The topological polar surface area (TPSA) is 88.1 Å². The van der Waals surface area contributed by atoms with Crippen LogP contribution in [0.4, 0.5) is 4.79 Å². The summed E-state index contributed by atoms with van der Waals surface area (Å²) >= 11 is 0. The Labute approximate surface area is 140 Å². The van der Waals surface area contributed by atoms with Crippen LogP contribution in [0.25, 0.3) is 5.69 Å². The molecule has 1 aromatic carbocycles. The number of amides is 3. The van der Waals surface area contributed by atoms with Gasteiger partial charge in [0.2, 0.25) is 5.91 Å². The van der Waals surface area contributed by atoms with Gasteiger partial charge in [0.05, 0.1) is 11.9 Å². The number of hydrogen-bond acceptors (Lipinski definition) is 3. The molecule has 126 valence electrons. The SMILES string of the molecule is O=C(NCc1cnn(-c2ccccc2)c1)NC1CCCCNC1=O. The van der Waals surface area contributed by atoms with Crippen molar-refractivity contribution in [2.45, 2.75) is 31.8 Å². The number of rotatable bonds is 4. The molecular formula is C17H21N5O2. The lowest BCUT2D eigenvalue weighted by molar-refractivity contribution is -0.122. The fourth-order valence-electron chi connectivity index (χ4n) is 2.64. The zero-order valence-electron chi connectivity index (χ0n) is 13.4. The van der Waals surface area contributed by atoms with E-state index >= 15 is 0 Å². The fourth-order valence-corrected chi connectivity index (χ4v) is 2.64. The summed E-state index contributed by atoms with van der Waals surface area (Å²) in [6.45, 7) is 1.03. The molecule has 1 aromatic heterocycles. The third-order valence-corrected chi connectivity index (χ3v) is 3.95. The number of carbonyl (C=O) groups is 2. The van der Waals surface area contributed by atoms with Gasteiger partial charge in [0.1, 0.15) is 6.04 Å². The summed E-state index contributed by atoms with van der Waals surface area (Å²) in [5.74, 6) is -0.112. The number of para-hydroxylation sites is 1. The van der Waals surface area contributed by atoms with E-state index < -0.39 is 6.04 Å². The Hall–Kier alpha value is -2.83. The maximum absolute atomic E-state index is 12.0. The van der Waals surface area contributed by atoms with E-state index in [4.69, 9.17) is 0 Å². The van der Waals surface area contributed by atoms with Gasteiger partial charge in [-0.25, -0.2) is 9.48 Å². The van der Waals surface area contributed by atoms with Crippen molar-refractivity contribution in [3.63, 3.8) is 0 Å². The van der Waals surface area contributed by atoms with Crippen LogP contribution in [0.5, 0.6) is 0 Å². The average molecular weight is 327 g/mol. The molecule has 0 spiro atoms. The fraction of sp³-hybridized carbons (Fsp3) is 0.353. The molecule has 2 heterocycles. The monoisotopic (exact) mass is 327 g/mol. The van der Waals surface area contributed by atoms with E-state index in [0.717, 1.165) is 24.1 Å². The van der Waals surface area contributed by atoms with Crippen LogP contribution in [0.15, 0.2) is 42.7 Å². The first kappa shape index (κ1) is 16.0. The lowest BCUT2D eigenvalue weighted by Gasteiger charge is -2.15. The molecule has 1 aliphatic heterocycles. The Morgan fingerprint density at radius 2 is 2.12 bits per heavy atom. The van der Waals surface area contributed by atoms with Crippen molar-refractivity contribution in [3.8, 4) is 5.69 Å². The lowest BCUT2D eigenvalue weighted by Crippen LogP contribution is -2.48. The molecule has 1 saturated heterocycles. The number of urea groups is 1. The molecule has 7 nitrogen and oxygen atoms in total. The van der Waals surface area contributed by atoms with Gasteiger partial charge in [0.25, 0.3) is 0 Å². The van der Waals surface area contributed by atoms with Gasteiger partial charge in [0, 0.05) is 24.8 Å².